The molecule has 2 rings (SSSR count). The standard InChI is InChI=1S/C15H19F3N2O/c1-2-13(21)19-8-10-20(11-9-19)14(15(16,17)18)12-6-4-3-5-7-12/h3-7,14H,2,8-11H2,1H3/t14-/m1/s1. The number of amides is 1. The molecule has 0 radical (unpaired) electrons. The highest BCUT2D eigenvalue weighted by molar-refractivity contribution is 5.75. The Bertz CT molecular complexity index is 468. The quantitative estimate of drug-likeness (QED) is 0.857. The van der Waals surface area contributed by atoms with Crippen molar-refractivity contribution in [3.63, 3.8) is 0 Å². The molecule has 1 saturated heterocycles. The first kappa shape index (κ1) is 15.8. The first-order valence-electron chi connectivity index (χ1n) is 7.07. The summed E-state index contributed by atoms with van der Waals surface area (Å²) < 4.78 is 40.2. The van der Waals surface area contributed by atoms with Gasteiger partial charge in [0.15, 0.2) is 0 Å². The van der Waals surface area contributed by atoms with E-state index in [-0.39, 0.29) is 24.6 Å². The number of alkyl halides is 3. The molecule has 0 bridgehead atoms. The van der Waals surface area contributed by atoms with Gasteiger partial charge in [-0.1, -0.05) is 37.3 Å². The first-order chi connectivity index (χ1) is 9.93. The SMILES string of the molecule is CCC(=O)N1CCN([C@H](c2ccccc2)C(F)(F)F)CC1. The Hall–Kier alpha value is -1.56. The average molecular weight is 300 g/mol. The monoisotopic (exact) mass is 300 g/mol. The number of nitrogens with zero attached hydrogens (tertiary/aromatic N) is 2. The molecule has 1 atom stereocenters. The molecule has 116 valence electrons. The summed E-state index contributed by atoms with van der Waals surface area (Å²) >= 11 is 0. The van der Waals surface area contributed by atoms with Gasteiger partial charge in [-0.15, -0.1) is 0 Å². The molecule has 21 heavy (non-hydrogen) atoms. The zero-order valence-electron chi connectivity index (χ0n) is 11.9. The third-order valence-electron chi connectivity index (χ3n) is 3.76. The van der Waals surface area contributed by atoms with Gasteiger partial charge in [0.2, 0.25) is 5.91 Å². The smallest absolute Gasteiger partial charge is 0.340 e. The van der Waals surface area contributed by atoms with E-state index in [1.165, 1.54) is 17.0 Å². The molecule has 0 saturated carbocycles. The largest absolute Gasteiger partial charge is 0.408 e. The second-order valence-corrected chi connectivity index (χ2v) is 5.13. The van der Waals surface area contributed by atoms with Crippen LogP contribution in [0.4, 0.5) is 13.2 Å². The van der Waals surface area contributed by atoms with Crippen LogP contribution in [0, 0.1) is 0 Å². The predicted molar refractivity (Wildman–Crippen MR) is 73.7 cm³/mol. The Kier molecular flexibility index (Phi) is 4.88. The fourth-order valence-electron chi connectivity index (χ4n) is 2.70. The maximum Gasteiger partial charge on any atom is 0.408 e. The minimum absolute atomic E-state index is 0.00193. The van der Waals surface area contributed by atoms with Crippen LogP contribution in [-0.4, -0.2) is 48.1 Å². The summed E-state index contributed by atoms with van der Waals surface area (Å²) in [5.41, 5.74) is 0.250. The lowest BCUT2D eigenvalue weighted by atomic mass is 10.0. The number of rotatable bonds is 3. The van der Waals surface area contributed by atoms with Gasteiger partial charge < -0.3 is 4.90 Å². The van der Waals surface area contributed by atoms with Crippen molar-refractivity contribution >= 4 is 5.91 Å². The van der Waals surface area contributed by atoms with E-state index in [0.717, 1.165) is 0 Å². The minimum Gasteiger partial charge on any atom is -0.340 e. The predicted octanol–water partition coefficient (Wildman–Crippen LogP) is 2.84. The van der Waals surface area contributed by atoms with E-state index in [1.807, 2.05) is 0 Å². The molecule has 1 aromatic rings. The van der Waals surface area contributed by atoms with Crippen LogP contribution >= 0.6 is 0 Å². The molecule has 0 spiro atoms. The van der Waals surface area contributed by atoms with Crippen molar-refractivity contribution in [1.82, 2.24) is 9.80 Å². The van der Waals surface area contributed by atoms with Gasteiger partial charge in [-0.25, -0.2) is 0 Å². The summed E-state index contributed by atoms with van der Waals surface area (Å²) in [7, 11) is 0. The van der Waals surface area contributed by atoms with Crippen molar-refractivity contribution in [3.8, 4) is 0 Å². The first-order valence-corrected chi connectivity index (χ1v) is 7.07. The van der Waals surface area contributed by atoms with E-state index < -0.39 is 12.2 Å². The van der Waals surface area contributed by atoms with Gasteiger partial charge in [-0.2, -0.15) is 13.2 Å². The second-order valence-electron chi connectivity index (χ2n) is 5.13. The third-order valence-corrected chi connectivity index (χ3v) is 3.76. The highest BCUT2D eigenvalue weighted by Crippen LogP contribution is 2.38. The van der Waals surface area contributed by atoms with Gasteiger partial charge in [-0.05, 0) is 5.56 Å². The summed E-state index contributed by atoms with van der Waals surface area (Å²) in [4.78, 5) is 14.6. The number of piperazine rings is 1. The molecule has 0 aliphatic carbocycles. The van der Waals surface area contributed by atoms with E-state index >= 15 is 0 Å². The van der Waals surface area contributed by atoms with E-state index in [0.29, 0.717) is 19.5 Å². The molecule has 1 aliphatic rings. The highest BCUT2D eigenvalue weighted by atomic mass is 19.4. The van der Waals surface area contributed by atoms with Crippen LogP contribution in [0.25, 0.3) is 0 Å². The van der Waals surface area contributed by atoms with E-state index in [9.17, 15) is 18.0 Å². The fourth-order valence-corrected chi connectivity index (χ4v) is 2.70. The second kappa shape index (κ2) is 6.47. The van der Waals surface area contributed by atoms with Crippen LogP contribution in [0.1, 0.15) is 24.9 Å². The van der Waals surface area contributed by atoms with Gasteiger partial charge in [0.05, 0.1) is 0 Å². The van der Waals surface area contributed by atoms with Crippen LogP contribution in [-0.2, 0) is 4.79 Å². The van der Waals surface area contributed by atoms with Crippen molar-refractivity contribution in [2.45, 2.75) is 25.6 Å². The summed E-state index contributed by atoms with van der Waals surface area (Å²) in [6, 6.07) is 6.34. The lowest BCUT2D eigenvalue weighted by molar-refractivity contribution is -0.190. The van der Waals surface area contributed by atoms with Crippen LogP contribution in [0.15, 0.2) is 30.3 Å². The number of hydrogen-bond acceptors (Lipinski definition) is 2. The molecule has 1 aliphatic heterocycles. The summed E-state index contributed by atoms with van der Waals surface area (Å²) in [5.74, 6) is -0.00193. The van der Waals surface area contributed by atoms with Crippen LogP contribution in [0.3, 0.4) is 0 Å². The van der Waals surface area contributed by atoms with Crippen LogP contribution in [0.5, 0.6) is 0 Å². The molecule has 1 aromatic carbocycles. The zero-order valence-corrected chi connectivity index (χ0v) is 11.9. The van der Waals surface area contributed by atoms with Gasteiger partial charge in [-0.3, -0.25) is 9.69 Å². The van der Waals surface area contributed by atoms with Crippen molar-refractivity contribution in [3.05, 3.63) is 35.9 Å². The minimum atomic E-state index is -4.32. The fraction of sp³-hybridized carbons (Fsp3) is 0.533. The Morgan fingerprint density at radius 1 is 1.14 bits per heavy atom. The van der Waals surface area contributed by atoms with Crippen molar-refractivity contribution in [1.29, 1.82) is 0 Å². The van der Waals surface area contributed by atoms with Gasteiger partial charge in [0.25, 0.3) is 0 Å². The lowest BCUT2D eigenvalue weighted by Crippen LogP contribution is -2.52. The Morgan fingerprint density at radius 2 is 1.71 bits per heavy atom. The average Bonchev–Trinajstić information content (AvgIpc) is 2.47. The Morgan fingerprint density at radius 3 is 2.19 bits per heavy atom. The molecule has 1 fully saturated rings. The normalized spacial score (nSPS) is 18.6. The lowest BCUT2D eigenvalue weighted by Gasteiger charge is -2.40. The number of hydrogen-bond donors (Lipinski definition) is 0. The zero-order chi connectivity index (χ0) is 15.5. The Balaban J connectivity index is 2.12. The van der Waals surface area contributed by atoms with E-state index in [1.54, 1.807) is 30.0 Å². The van der Waals surface area contributed by atoms with Crippen molar-refractivity contribution in [2.24, 2.45) is 0 Å². The molecular weight excluding hydrogens is 281 g/mol. The van der Waals surface area contributed by atoms with E-state index in [4.69, 9.17) is 0 Å². The number of carbonyl (C=O) groups excluding carboxylic acids is 1. The molecule has 0 N–H and O–H groups in total. The van der Waals surface area contributed by atoms with Crippen molar-refractivity contribution < 1.29 is 18.0 Å². The number of benzene rings is 1. The van der Waals surface area contributed by atoms with Crippen LogP contribution in [0.2, 0.25) is 0 Å². The number of halogens is 3. The van der Waals surface area contributed by atoms with Gasteiger partial charge in [0.1, 0.15) is 6.04 Å². The topological polar surface area (TPSA) is 23.6 Å². The summed E-state index contributed by atoms with van der Waals surface area (Å²) in [5, 5.41) is 0. The third kappa shape index (κ3) is 3.75. The summed E-state index contributed by atoms with van der Waals surface area (Å²) in [6.07, 6.45) is -3.93. The molecule has 6 heteroatoms. The van der Waals surface area contributed by atoms with E-state index in [2.05, 4.69) is 0 Å². The van der Waals surface area contributed by atoms with Gasteiger partial charge >= 0.3 is 6.18 Å². The van der Waals surface area contributed by atoms with Crippen LogP contribution < -0.4 is 0 Å². The molecule has 0 unspecified atom stereocenters. The molecule has 3 nitrogen and oxygen atoms in total. The molecule has 1 heterocycles. The summed E-state index contributed by atoms with van der Waals surface area (Å²) in [6.45, 7) is 2.95. The molecule has 0 aromatic heterocycles. The maximum absolute atomic E-state index is 13.4. The molecule has 1 amide bonds. The van der Waals surface area contributed by atoms with Gasteiger partial charge in [0, 0.05) is 32.6 Å². The van der Waals surface area contributed by atoms with Crippen molar-refractivity contribution in [2.75, 3.05) is 26.2 Å². The Labute approximate surface area is 122 Å². The molecular formula is C15H19F3N2O. The maximum atomic E-state index is 13.4. The highest BCUT2D eigenvalue weighted by Gasteiger charge is 2.45. The number of carbonyl (C=O) groups is 1.